The number of piperidine rings is 1. The number of β-amino-alcohol motifs (C(OH)–C–C–N with tert-alkyl or cyclic N) is 1. The third kappa shape index (κ3) is 9.19. The van der Waals surface area contributed by atoms with Crippen molar-refractivity contribution < 1.29 is 9.90 Å². The number of nitrogens with zero attached hydrogens (tertiary/aromatic N) is 1. The van der Waals surface area contributed by atoms with Gasteiger partial charge in [-0.05, 0) is 50.8 Å². The Morgan fingerprint density at radius 2 is 1.88 bits per heavy atom. The molecule has 0 bridgehead atoms. The van der Waals surface area contributed by atoms with E-state index in [1.54, 1.807) is 0 Å². The molecule has 2 rings (SSSR count). The van der Waals surface area contributed by atoms with Crippen LogP contribution >= 0.6 is 24.8 Å². The van der Waals surface area contributed by atoms with Gasteiger partial charge in [0.1, 0.15) is 0 Å². The first-order valence-electron chi connectivity index (χ1n) is 9.02. The van der Waals surface area contributed by atoms with E-state index < -0.39 is 6.10 Å². The van der Waals surface area contributed by atoms with E-state index in [0.29, 0.717) is 18.9 Å². The minimum Gasteiger partial charge on any atom is -0.387 e. The second-order valence-electron chi connectivity index (χ2n) is 6.99. The Kier molecular flexibility index (Phi) is 12.9. The van der Waals surface area contributed by atoms with Gasteiger partial charge in [-0.1, -0.05) is 30.3 Å². The Labute approximate surface area is 169 Å². The van der Waals surface area contributed by atoms with E-state index in [0.717, 1.165) is 44.5 Å². The number of benzene rings is 1. The lowest BCUT2D eigenvalue weighted by atomic mass is 9.96. The van der Waals surface area contributed by atoms with Crippen molar-refractivity contribution in [1.82, 2.24) is 10.2 Å². The van der Waals surface area contributed by atoms with E-state index in [1.807, 2.05) is 37.3 Å². The Morgan fingerprint density at radius 3 is 2.46 bits per heavy atom. The van der Waals surface area contributed by atoms with Gasteiger partial charge in [0.15, 0.2) is 0 Å². The molecule has 1 aromatic rings. The van der Waals surface area contributed by atoms with Crippen LogP contribution in [-0.2, 0) is 4.79 Å². The summed E-state index contributed by atoms with van der Waals surface area (Å²) in [6.45, 7) is 5.31. The van der Waals surface area contributed by atoms with Crippen LogP contribution in [0.2, 0.25) is 0 Å². The van der Waals surface area contributed by atoms with Crippen molar-refractivity contribution in [2.24, 2.45) is 11.7 Å². The highest BCUT2D eigenvalue weighted by atomic mass is 35.5. The second-order valence-corrected chi connectivity index (χ2v) is 6.99. The molecule has 2 unspecified atom stereocenters. The van der Waals surface area contributed by atoms with Gasteiger partial charge in [0.25, 0.3) is 0 Å². The third-order valence-electron chi connectivity index (χ3n) is 4.74. The molecule has 0 spiro atoms. The van der Waals surface area contributed by atoms with Crippen LogP contribution in [0, 0.1) is 5.92 Å². The lowest BCUT2D eigenvalue weighted by molar-refractivity contribution is -0.121. The molecule has 1 amide bonds. The summed E-state index contributed by atoms with van der Waals surface area (Å²) in [7, 11) is 0. The van der Waals surface area contributed by atoms with Crippen LogP contribution in [0.1, 0.15) is 44.3 Å². The molecule has 0 saturated carbocycles. The predicted octanol–water partition coefficient (Wildman–Crippen LogP) is 2.52. The van der Waals surface area contributed by atoms with Gasteiger partial charge in [0.2, 0.25) is 5.91 Å². The summed E-state index contributed by atoms with van der Waals surface area (Å²) in [6.07, 6.45) is 2.95. The van der Waals surface area contributed by atoms with Gasteiger partial charge in [-0.3, -0.25) is 4.79 Å². The lowest BCUT2D eigenvalue weighted by Crippen LogP contribution is -2.40. The van der Waals surface area contributed by atoms with Crippen molar-refractivity contribution in [3.8, 4) is 0 Å². The fourth-order valence-electron chi connectivity index (χ4n) is 3.10. The molecule has 1 aromatic carbocycles. The fraction of sp³-hybridized carbons (Fsp3) is 0.632. The number of carbonyl (C=O) groups is 1. The van der Waals surface area contributed by atoms with Crippen LogP contribution in [0.25, 0.3) is 0 Å². The Bertz CT molecular complexity index is 495. The summed E-state index contributed by atoms with van der Waals surface area (Å²) in [5, 5.41) is 13.3. The number of rotatable bonds is 8. The van der Waals surface area contributed by atoms with Gasteiger partial charge in [-0.2, -0.15) is 0 Å². The maximum atomic E-state index is 11.7. The fourth-order valence-corrected chi connectivity index (χ4v) is 3.10. The monoisotopic (exact) mass is 405 g/mol. The minimum absolute atomic E-state index is 0. The molecule has 0 aliphatic carbocycles. The molecular weight excluding hydrogens is 373 g/mol. The van der Waals surface area contributed by atoms with Crippen molar-refractivity contribution in [2.45, 2.75) is 44.8 Å². The van der Waals surface area contributed by atoms with E-state index in [2.05, 4.69) is 10.2 Å². The Hall–Kier alpha value is -0.850. The van der Waals surface area contributed by atoms with Crippen molar-refractivity contribution in [1.29, 1.82) is 0 Å². The van der Waals surface area contributed by atoms with E-state index >= 15 is 0 Å². The molecule has 26 heavy (non-hydrogen) atoms. The van der Waals surface area contributed by atoms with Gasteiger partial charge in [0.05, 0.1) is 6.10 Å². The SMILES string of the molecule is CC(N)CCC(=O)NCC1CCN(CC(O)c2ccccc2)CC1.Cl.Cl. The standard InChI is InChI=1S/C19H31N3O2.2ClH/c1-15(20)7-8-19(24)21-13-16-9-11-22(12-10-16)14-18(23)17-5-3-2-4-6-17;;/h2-6,15-16,18,23H,7-14,20H2,1H3,(H,21,24);2*1H. The summed E-state index contributed by atoms with van der Waals surface area (Å²) in [6, 6.07) is 9.89. The van der Waals surface area contributed by atoms with Crippen LogP contribution in [0.15, 0.2) is 30.3 Å². The van der Waals surface area contributed by atoms with Crippen molar-refractivity contribution >= 4 is 30.7 Å². The molecule has 4 N–H and O–H groups in total. The summed E-state index contributed by atoms with van der Waals surface area (Å²) in [5.41, 5.74) is 6.64. The molecular formula is C19H33Cl2N3O2. The molecule has 1 aliphatic heterocycles. The molecule has 0 aromatic heterocycles. The molecule has 1 saturated heterocycles. The highest BCUT2D eigenvalue weighted by Gasteiger charge is 2.21. The highest BCUT2D eigenvalue weighted by molar-refractivity contribution is 5.85. The van der Waals surface area contributed by atoms with Crippen LogP contribution in [-0.4, -0.2) is 48.1 Å². The number of aliphatic hydroxyl groups excluding tert-OH is 1. The van der Waals surface area contributed by atoms with Crippen LogP contribution < -0.4 is 11.1 Å². The number of aliphatic hydroxyl groups is 1. The average Bonchev–Trinajstić information content (AvgIpc) is 2.60. The molecule has 1 fully saturated rings. The van der Waals surface area contributed by atoms with E-state index in [-0.39, 0.29) is 36.8 Å². The quantitative estimate of drug-likeness (QED) is 0.620. The zero-order chi connectivity index (χ0) is 17.4. The first kappa shape index (κ1) is 25.1. The molecule has 0 radical (unpaired) electrons. The number of halogens is 2. The zero-order valence-electron chi connectivity index (χ0n) is 15.5. The topological polar surface area (TPSA) is 78.6 Å². The summed E-state index contributed by atoms with van der Waals surface area (Å²) in [5.74, 6) is 0.642. The molecule has 7 heteroatoms. The van der Waals surface area contributed by atoms with E-state index in [1.165, 1.54) is 0 Å². The van der Waals surface area contributed by atoms with Crippen LogP contribution in [0.4, 0.5) is 0 Å². The average molecular weight is 406 g/mol. The van der Waals surface area contributed by atoms with Gasteiger partial charge >= 0.3 is 0 Å². The van der Waals surface area contributed by atoms with E-state index in [9.17, 15) is 9.90 Å². The largest absolute Gasteiger partial charge is 0.387 e. The zero-order valence-corrected chi connectivity index (χ0v) is 17.1. The number of nitrogens with one attached hydrogen (secondary N) is 1. The number of hydrogen-bond donors (Lipinski definition) is 3. The van der Waals surface area contributed by atoms with Crippen molar-refractivity contribution in [3.63, 3.8) is 0 Å². The van der Waals surface area contributed by atoms with Crippen LogP contribution in [0.3, 0.4) is 0 Å². The maximum absolute atomic E-state index is 11.7. The van der Waals surface area contributed by atoms with Crippen LogP contribution in [0.5, 0.6) is 0 Å². The highest BCUT2D eigenvalue weighted by Crippen LogP contribution is 2.20. The summed E-state index contributed by atoms with van der Waals surface area (Å²) in [4.78, 5) is 14.1. The number of likely N-dealkylation sites (tertiary alicyclic amines) is 1. The first-order valence-corrected chi connectivity index (χ1v) is 9.02. The molecule has 1 heterocycles. The lowest BCUT2D eigenvalue weighted by Gasteiger charge is -2.33. The first-order chi connectivity index (χ1) is 11.5. The van der Waals surface area contributed by atoms with Crippen molar-refractivity contribution in [2.75, 3.05) is 26.2 Å². The van der Waals surface area contributed by atoms with Crippen molar-refractivity contribution in [3.05, 3.63) is 35.9 Å². The summed E-state index contributed by atoms with van der Waals surface area (Å²) >= 11 is 0. The minimum atomic E-state index is -0.430. The van der Waals surface area contributed by atoms with Gasteiger partial charge in [-0.15, -0.1) is 24.8 Å². The number of carbonyl (C=O) groups excluding carboxylic acids is 1. The molecule has 150 valence electrons. The second kappa shape index (κ2) is 13.3. The Morgan fingerprint density at radius 1 is 1.27 bits per heavy atom. The molecule has 2 atom stereocenters. The molecule has 1 aliphatic rings. The van der Waals surface area contributed by atoms with Gasteiger partial charge < -0.3 is 21.1 Å². The van der Waals surface area contributed by atoms with Gasteiger partial charge in [0, 0.05) is 25.6 Å². The smallest absolute Gasteiger partial charge is 0.220 e. The number of hydrogen-bond acceptors (Lipinski definition) is 4. The molecule has 5 nitrogen and oxygen atoms in total. The Balaban J connectivity index is 0.00000312. The third-order valence-corrected chi connectivity index (χ3v) is 4.74. The predicted molar refractivity (Wildman–Crippen MR) is 111 cm³/mol. The normalized spacial score (nSPS) is 17.5. The number of nitrogens with two attached hydrogens (primary N) is 1. The summed E-state index contributed by atoms with van der Waals surface area (Å²) < 4.78 is 0. The van der Waals surface area contributed by atoms with E-state index in [4.69, 9.17) is 5.73 Å². The van der Waals surface area contributed by atoms with Gasteiger partial charge in [-0.25, -0.2) is 0 Å². The maximum Gasteiger partial charge on any atom is 0.220 e. The number of amides is 1.